The lowest BCUT2D eigenvalue weighted by molar-refractivity contribution is 0.102. The first-order valence-corrected chi connectivity index (χ1v) is 8.55. The molecule has 1 aromatic heterocycles. The van der Waals surface area contributed by atoms with Crippen LogP contribution in [0.3, 0.4) is 0 Å². The minimum atomic E-state index is -0.298. The quantitative estimate of drug-likeness (QED) is 0.738. The maximum atomic E-state index is 12.5. The SMILES string of the molecule is Cc1cccc(NC(=O)c2ccnc(Nc3ccc4c(c3)OCCO4)n2)c1. The van der Waals surface area contributed by atoms with Crippen molar-refractivity contribution in [1.82, 2.24) is 9.97 Å². The molecule has 2 heterocycles. The van der Waals surface area contributed by atoms with Gasteiger partial charge >= 0.3 is 0 Å². The number of amides is 1. The number of anilines is 3. The number of nitrogens with one attached hydrogen (secondary N) is 2. The third-order valence-electron chi connectivity index (χ3n) is 3.96. The van der Waals surface area contributed by atoms with Crippen molar-refractivity contribution in [2.24, 2.45) is 0 Å². The molecule has 1 amide bonds. The van der Waals surface area contributed by atoms with Crippen LogP contribution in [0, 0.1) is 6.92 Å². The second kappa shape index (κ2) is 7.33. The summed E-state index contributed by atoms with van der Waals surface area (Å²) in [7, 11) is 0. The summed E-state index contributed by atoms with van der Waals surface area (Å²) in [6, 6.07) is 14.6. The molecule has 4 rings (SSSR count). The number of nitrogens with zero attached hydrogens (tertiary/aromatic N) is 2. The summed E-state index contributed by atoms with van der Waals surface area (Å²) in [6.45, 7) is 3.03. The smallest absolute Gasteiger partial charge is 0.274 e. The molecule has 2 N–H and O–H groups in total. The van der Waals surface area contributed by atoms with Crippen LogP contribution in [0.4, 0.5) is 17.3 Å². The van der Waals surface area contributed by atoms with Gasteiger partial charge in [-0.1, -0.05) is 12.1 Å². The van der Waals surface area contributed by atoms with Crippen molar-refractivity contribution in [2.45, 2.75) is 6.92 Å². The van der Waals surface area contributed by atoms with Crippen molar-refractivity contribution in [1.29, 1.82) is 0 Å². The van der Waals surface area contributed by atoms with E-state index in [4.69, 9.17) is 9.47 Å². The van der Waals surface area contributed by atoms with Crippen molar-refractivity contribution in [3.63, 3.8) is 0 Å². The Bertz CT molecular complexity index is 990. The number of carbonyl (C=O) groups excluding carboxylic acids is 1. The lowest BCUT2D eigenvalue weighted by Gasteiger charge is -2.19. The predicted molar refractivity (Wildman–Crippen MR) is 102 cm³/mol. The van der Waals surface area contributed by atoms with Crippen LogP contribution in [0.15, 0.2) is 54.7 Å². The third kappa shape index (κ3) is 3.98. The van der Waals surface area contributed by atoms with Gasteiger partial charge in [0.05, 0.1) is 0 Å². The molecule has 1 aliphatic rings. The first-order valence-electron chi connectivity index (χ1n) is 8.55. The lowest BCUT2D eigenvalue weighted by Crippen LogP contribution is -2.16. The van der Waals surface area contributed by atoms with Gasteiger partial charge in [-0.05, 0) is 42.8 Å². The monoisotopic (exact) mass is 362 g/mol. The number of ether oxygens (including phenoxy) is 2. The van der Waals surface area contributed by atoms with Crippen LogP contribution in [-0.4, -0.2) is 29.1 Å². The Kier molecular flexibility index (Phi) is 4.57. The molecule has 3 aromatic rings. The van der Waals surface area contributed by atoms with Crippen LogP contribution < -0.4 is 20.1 Å². The van der Waals surface area contributed by atoms with Crippen LogP contribution in [0.25, 0.3) is 0 Å². The molecule has 0 saturated carbocycles. The summed E-state index contributed by atoms with van der Waals surface area (Å²) in [5.41, 5.74) is 2.80. The highest BCUT2D eigenvalue weighted by atomic mass is 16.6. The van der Waals surface area contributed by atoms with Gasteiger partial charge in [-0.25, -0.2) is 9.97 Å². The van der Waals surface area contributed by atoms with Crippen LogP contribution >= 0.6 is 0 Å². The highest BCUT2D eigenvalue weighted by Gasteiger charge is 2.13. The molecule has 0 saturated heterocycles. The van der Waals surface area contributed by atoms with E-state index in [1.165, 1.54) is 0 Å². The van der Waals surface area contributed by atoms with Crippen molar-refractivity contribution >= 4 is 23.2 Å². The molecule has 0 atom stereocenters. The van der Waals surface area contributed by atoms with Gasteiger partial charge in [-0.3, -0.25) is 4.79 Å². The molecule has 0 aliphatic carbocycles. The molecule has 0 fully saturated rings. The van der Waals surface area contributed by atoms with Gasteiger partial charge in [0, 0.05) is 23.6 Å². The zero-order chi connectivity index (χ0) is 18.6. The second-order valence-corrected chi connectivity index (χ2v) is 6.07. The zero-order valence-electron chi connectivity index (χ0n) is 14.7. The van der Waals surface area contributed by atoms with Gasteiger partial charge in [-0.2, -0.15) is 0 Å². The number of benzene rings is 2. The molecule has 136 valence electrons. The van der Waals surface area contributed by atoms with Crippen LogP contribution in [-0.2, 0) is 0 Å². The van der Waals surface area contributed by atoms with Crippen molar-refractivity contribution in [3.8, 4) is 11.5 Å². The highest BCUT2D eigenvalue weighted by molar-refractivity contribution is 6.03. The fourth-order valence-electron chi connectivity index (χ4n) is 2.71. The highest BCUT2D eigenvalue weighted by Crippen LogP contribution is 2.33. The normalized spacial score (nSPS) is 12.3. The lowest BCUT2D eigenvalue weighted by atomic mass is 10.2. The van der Waals surface area contributed by atoms with Gasteiger partial charge in [0.25, 0.3) is 5.91 Å². The molecule has 1 aliphatic heterocycles. The number of hydrogen-bond acceptors (Lipinski definition) is 6. The third-order valence-corrected chi connectivity index (χ3v) is 3.96. The minimum absolute atomic E-state index is 0.270. The number of fused-ring (bicyclic) bond motifs is 1. The summed E-state index contributed by atoms with van der Waals surface area (Å²) in [4.78, 5) is 20.9. The van der Waals surface area contributed by atoms with E-state index in [2.05, 4.69) is 20.6 Å². The molecule has 0 bridgehead atoms. The summed E-state index contributed by atoms with van der Waals surface area (Å²) in [5.74, 6) is 1.40. The summed E-state index contributed by atoms with van der Waals surface area (Å²) in [5, 5.41) is 5.92. The van der Waals surface area contributed by atoms with E-state index in [0.29, 0.717) is 30.7 Å². The largest absolute Gasteiger partial charge is 0.486 e. The molecular weight excluding hydrogens is 344 g/mol. The molecule has 0 unspecified atom stereocenters. The number of hydrogen-bond donors (Lipinski definition) is 2. The predicted octanol–water partition coefficient (Wildman–Crippen LogP) is 3.55. The average Bonchev–Trinajstić information content (AvgIpc) is 2.68. The minimum Gasteiger partial charge on any atom is -0.486 e. The van der Waals surface area contributed by atoms with Gasteiger partial charge < -0.3 is 20.1 Å². The van der Waals surface area contributed by atoms with Crippen LogP contribution in [0.1, 0.15) is 16.1 Å². The van der Waals surface area contributed by atoms with Gasteiger partial charge in [0.15, 0.2) is 11.5 Å². The number of aryl methyl sites for hydroxylation is 1. The van der Waals surface area contributed by atoms with E-state index in [-0.39, 0.29) is 11.6 Å². The maximum absolute atomic E-state index is 12.5. The fourth-order valence-corrected chi connectivity index (χ4v) is 2.71. The maximum Gasteiger partial charge on any atom is 0.274 e. The molecule has 7 heteroatoms. The Morgan fingerprint density at radius 2 is 1.85 bits per heavy atom. The number of carbonyl (C=O) groups is 1. The van der Waals surface area contributed by atoms with E-state index >= 15 is 0 Å². The van der Waals surface area contributed by atoms with Gasteiger partial charge in [-0.15, -0.1) is 0 Å². The molecule has 0 radical (unpaired) electrons. The van der Waals surface area contributed by atoms with Gasteiger partial charge in [0.1, 0.15) is 18.9 Å². The Hall–Kier alpha value is -3.61. The number of rotatable bonds is 4. The summed E-state index contributed by atoms with van der Waals surface area (Å²) >= 11 is 0. The van der Waals surface area contributed by atoms with Crippen molar-refractivity contribution in [3.05, 3.63) is 66.0 Å². The summed E-state index contributed by atoms with van der Waals surface area (Å²) in [6.07, 6.45) is 1.54. The molecule has 27 heavy (non-hydrogen) atoms. The first-order chi connectivity index (χ1) is 13.2. The molecule has 0 spiro atoms. The standard InChI is InChI=1S/C20H18N4O3/c1-13-3-2-4-14(11-13)22-19(25)16-7-8-21-20(24-16)23-15-5-6-17-18(12-15)27-10-9-26-17/h2-8,11-12H,9-10H2,1H3,(H,22,25)(H,21,23,24). The Balaban J connectivity index is 1.49. The topological polar surface area (TPSA) is 85.4 Å². The second-order valence-electron chi connectivity index (χ2n) is 6.07. The first kappa shape index (κ1) is 16.8. The zero-order valence-corrected chi connectivity index (χ0v) is 14.7. The van der Waals surface area contributed by atoms with Crippen molar-refractivity contribution < 1.29 is 14.3 Å². The Morgan fingerprint density at radius 3 is 2.70 bits per heavy atom. The van der Waals surface area contributed by atoms with E-state index < -0.39 is 0 Å². The molecule has 7 nitrogen and oxygen atoms in total. The Labute approximate surface area is 156 Å². The fraction of sp³-hybridized carbons (Fsp3) is 0.150. The molecule has 2 aromatic carbocycles. The van der Waals surface area contributed by atoms with E-state index in [1.807, 2.05) is 49.4 Å². The number of aromatic nitrogens is 2. The van der Waals surface area contributed by atoms with Gasteiger partial charge in [0.2, 0.25) is 5.95 Å². The average molecular weight is 362 g/mol. The molecular formula is C20H18N4O3. The van der Waals surface area contributed by atoms with E-state index in [0.717, 1.165) is 16.9 Å². The van der Waals surface area contributed by atoms with Crippen LogP contribution in [0.5, 0.6) is 11.5 Å². The van der Waals surface area contributed by atoms with E-state index in [9.17, 15) is 4.79 Å². The van der Waals surface area contributed by atoms with Crippen LogP contribution in [0.2, 0.25) is 0 Å². The van der Waals surface area contributed by atoms with E-state index in [1.54, 1.807) is 12.3 Å². The Morgan fingerprint density at radius 1 is 1.00 bits per heavy atom. The summed E-state index contributed by atoms with van der Waals surface area (Å²) < 4.78 is 11.1. The van der Waals surface area contributed by atoms with Crippen molar-refractivity contribution in [2.75, 3.05) is 23.8 Å².